The van der Waals surface area contributed by atoms with Gasteiger partial charge in [0.05, 0.1) is 0 Å². The Morgan fingerprint density at radius 1 is 0.947 bits per heavy atom. The summed E-state index contributed by atoms with van der Waals surface area (Å²) in [4.78, 5) is 2.83. The Morgan fingerprint density at radius 3 is 2.42 bits per heavy atom. The summed E-state index contributed by atoms with van der Waals surface area (Å²) in [6.45, 7) is 6.41. The summed E-state index contributed by atoms with van der Waals surface area (Å²) in [7, 11) is 0. The molecule has 2 unspecified atom stereocenters. The van der Waals surface area contributed by atoms with Crippen molar-refractivity contribution in [2.45, 2.75) is 76.8 Å². The molecule has 110 valence electrons. The van der Waals surface area contributed by atoms with Gasteiger partial charge in [-0.1, -0.05) is 32.6 Å². The number of nitrogens with zero attached hydrogens (tertiary/aromatic N) is 1. The fourth-order valence-electron chi connectivity index (χ4n) is 4.32. The van der Waals surface area contributed by atoms with Crippen molar-refractivity contribution in [2.75, 3.05) is 19.6 Å². The fourth-order valence-corrected chi connectivity index (χ4v) is 4.32. The Morgan fingerprint density at radius 2 is 1.74 bits per heavy atom. The van der Waals surface area contributed by atoms with Gasteiger partial charge in [0.1, 0.15) is 0 Å². The van der Waals surface area contributed by atoms with Gasteiger partial charge in [-0.05, 0) is 50.5 Å². The second kappa shape index (κ2) is 6.58. The minimum atomic E-state index is 0.770. The Balaban J connectivity index is 1.47. The predicted molar refractivity (Wildman–Crippen MR) is 81.4 cm³/mol. The fraction of sp³-hybridized carbons (Fsp3) is 1.00. The molecule has 19 heavy (non-hydrogen) atoms. The first kappa shape index (κ1) is 13.9. The normalized spacial score (nSPS) is 35.2. The lowest BCUT2D eigenvalue weighted by molar-refractivity contribution is 0.0801. The van der Waals surface area contributed by atoms with Crippen molar-refractivity contribution in [1.82, 2.24) is 10.2 Å². The molecule has 1 N–H and O–H groups in total. The summed E-state index contributed by atoms with van der Waals surface area (Å²) in [6, 6.07) is 1.68. The molecule has 0 radical (unpaired) electrons. The minimum Gasteiger partial charge on any atom is -0.312 e. The van der Waals surface area contributed by atoms with E-state index in [2.05, 4.69) is 17.1 Å². The molecule has 3 fully saturated rings. The zero-order valence-corrected chi connectivity index (χ0v) is 12.7. The Bertz CT molecular complexity index is 268. The molecule has 2 aliphatic carbocycles. The van der Waals surface area contributed by atoms with Gasteiger partial charge < -0.3 is 5.32 Å². The number of rotatable bonds is 4. The van der Waals surface area contributed by atoms with Crippen LogP contribution in [0.5, 0.6) is 0 Å². The van der Waals surface area contributed by atoms with Crippen LogP contribution in [0.2, 0.25) is 0 Å². The van der Waals surface area contributed by atoms with Crippen LogP contribution in [0, 0.1) is 11.8 Å². The molecular formula is C17H32N2. The van der Waals surface area contributed by atoms with Crippen LogP contribution < -0.4 is 5.32 Å². The van der Waals surface area contributed by atoms with Gasteiger partial charge in [-0.3, -0.25) is 4.90 Å². The second-order valence-electron chi connectivity index (χ2n) is 7.49. The van der Waals surface area contributed by atoms with Crippen LogP contribution in [0.25, 0.3) is 0 Å². The van der Waals surface area contributed by atoms with Crippen molar-refractivity contribution < 1.29 is 0 Å². The zero-order valence-electron chi connectivity index (χ0n) is 12.7. The lowest BCUT2D eigenvalue weighted by Gasteiger charge is -2.43. The number of hydrogen-bond acceptors (Lipinski definition) is 2. The van der Waals surface area contributed by atoms with Crippen molar-refractivity contribution in [3.05, 3.63) is 0 Å². The first-order chi connectivity index (χ1) is 9.31. The molecule has 2 saturated carbocycles. The van der Waals surface area contributed by atoms with E-state index in [1.165, 1.54) is 77.4 Å². The van der Waals surface area contributed by atoms with Gasteiger partial charge >= 0.3 is 0 Å². The molecule has 3 aliphatic rings. The first-order valence-electron chi connectivity index (χ1n) is 8.78. The Hall–Kier alpha value is -0.0800. The van der Waals surface area contributed by atoms with Crippen LogP contribution in [-0.4, -0.2) is 36.6 Å². The molecule has 1 heterocycles. The van der Waals surface area contributed by atoms with Gasteiger partial charge in [0, 0.05) is 25.2 Å². The quantitative estimate of drug-likeness (QED) is 0.837. The average molecular weight is 264 g/mol. The maximum absolute atomic E-state index is 3.88. The molecule has 0 bridgehead atoms. The van der Waals surface area contributed by atoms with Crippen molar-refractivity contribution in [2.24, 2.45) is 11.8 Å². The number of hydrogen-bond donors (Lipinski definition) is 1. The smallest absolute Gasteiger partial charge is 0.0198 e. The number of likely N-dealkylation sites (tertiary alicyclic amines) is 1. The van der Waals surface area contributed by atoms with E-state index in [1.54, 1.807) is 0 Å². The minimum absolute atomic E-state index is 0.770. The zero-order chi connectivity index (χ0) is 13.1. The van der Waals surface area contributed by atoms with Crippen molar-refractivity contribution >= 4 is 0 Å². The third kappa shape index (κ3) is 3.72. The van der Waals surface area contributed by atoms with E-state index in [4.69, 9.17) is 0 Å². The molecule has 2 heteroatoms. The van der Waals surface area contributed by atoms with Gasteiger partial charge in [-0.2, -0.15) is 0 Å². The van der Waals surface area contributed by atoms with E-state index in [9.17, 15) is 0 Å². The van der Waals surface area contributed by atoms with E-state index in [1.807, 2.05) is 0 Å². The molecule has 0 spiro atoms. The standard InChI is InChI=1S/C17H32N2/c1-14-10-16(18-11-15-6-5-7-15)13-19(12-14)17-8-3-2-4-9-17/h14-18H,2-13H2,1H3. The number of piperidine rings is 1. The third-order valence-electron chi connectivity index (χ3n) is 5.70. The van der Waals surface area contributed by atoms with Gasteiger partial charge in [0.2, 0.25) is 0 Å². The van der Waals surface area contributed by atoms with Crippen molar-refractivity contribution in [3.63, 3.8) is 0 Å². The van der Waals surface area contributed by atoms with Gasteiger partial charge in [-0.15, -0.1) is 0 Å². The summed E-state index contributed by atoms with van der Waals surface area (Å²) < 4.78 is 0. The molecule has 2 nitrogen and oxygen atoms in total. The van der Waals surface area contributed by atoms with Crippen LogP contribution >= 0.6 is 0 Å². The highest BCUT2D eigenvalue weighted by Crippen LogP contribution is 2.28. The Kier molecular flexibility index (Phi) is 4.81. The molecule has 3 rings (SSSR count). The summed E-state index contributed by atoms with van der Waals surface area (Å²) in [5.74, 6) is 1.88. The molecule has 0 aromatic rings. The molecule has 2 atom stereocenters. The van der Waals surface area contributed by atoms with Crippen LogP contribution in [0.3, 0.4) is 0 Å². The van der Waals surface area contributed by atoms with Crippen LogP contribution in [-0.2, 0) is 0 Å². The topological polar surface area (TPSA) is 15.3 Å². The predicted octanol–water partition coefficient (Wildman–Crippen LogP) is 3.42. The second-order valence-corrected chi connectivity index (χ2v) is 7.49. The third-order valence-corrected chi connectivity index (χ3v) is 5.70. The van der Waals surface area contributed by atoms with E-state index in [0.29, 0.717) is 0 Å². The number of nitrogens with one attached hydrogen (secondary N) is 1. The van der Waals surface area contributed by atoms with Crippen LogP contribution in [0.1, 0.15) is 64.7 Å². The van der Waals surface area contributed by atoms with Crippen LogP contribution in [0.4, 0.5) is 0 Å². The first-order valence-corrected chi connectivity index (χ1v) is 8.78. The van der Waals surface area contributed by atoms with E-state index >= 15 is 0 Å². The highest BCUT2D eigenvalue weighted by molar-refractivity contribution is 4.87. The average Bonchev–Trinajstić information content (AvgIpc) is 2.37. The highest BCUT2D eigenvalue weighted by Gasteiger charge is 2.30. The van der Waals surface area contributed by atoms with Crippen molar-refractivity contribution in [3.8, 4) is 0 Å². The van der Waals surface area contributed by atoms with Gasteiger partial charge in [-0.25, -0.2) is 0 Å². The molecule has 0 aromatic carbocycles. The van der Waals surface area contributed by atoms with E-state index in [0.717, 1.165) is 23.9 Å². The SMILES string of the molecule is CC1CC(NCC2CCC2)CN(C2CCCCC2)C1. The Labute approximate surface area is 119 Å². The summed E-state index contributed by atoms with van der Waals surface area (Å²) in [5.41, 5.74) is 0. The summed E-state index contributed by atoms with van der Waals surface area (Å²) >= 11 is 0. The molecule has 0 amide bonds. The maximum Gasteiger partial charge on any atom is 0.0198 e. The van der Waals surface area contributed by atoms with Gasteiger partial charge in [0.15, 0.2) is 0 Å². The lowest BCUT2D eigenvalue weighted by Crippen LogP contribution is -2.53. The van der Waals surface area contributed by atoms with Crippen LogP contribution in [0.15, 0.2) is 0 Å². The maximum atomic E-state index is 3.88. The largest absolute Gasteiger partial charge is 0.312 e. The monoisotopic (exact) mass is 264 g/mol. The van der Waals surface area contributed by atoms with E-state index in [-0.39, 0.29) is 0 Å². The summed E-state index contributed by atoms with van der Waals surface area (Å²) in [6.07, 6.45) is 13.2. The molecule has 1 saturated heterocycles. The summed E-state index contributed by atoms with van der Waals surface area (Å²) in [5, 5.41) is 3.88. The molecule has 0 aromatic heterocycles. The van der Waals surface area contributed by atoms with Gasteiger partial charge in [0.25, 0.3) is 0 Å². The highest BCUT2D eigenvalue weighted by atomic mass is 15.2. The van der Waals surface area contributed by atoms with E-state index < -0.39 is 0 Å². The molecule has 1 aliphatic heterocycles. The van der Waals surface area contributed by atoms with Crippen molar-refractivity contribution in [1.29, 1.82) is 0 Å². The molecular weight excluding hydrogens is 232 g/mol. The lowest BCUT2D eigenvalue weighted by atomic mass is 9.84.